The lowest BCUT2D eigenvalue weighted by Gasteiger charge is -2.20. The largest absolute Gasteiger partial charge is 0.497 e. The van der Waals surface area contributed by atoms with Gasteiger partial charge in [0.25, 0.3) is 5.91 Å². The molecule has 1 amide bonds. The summed E-state index contributed by atoms with van der Waals surface area (Å²) < 4.78 is 20.8. The number of hydrogen-bond donors (Lipinski definition) is 0. The molecule has 1 saturated heterocycles. The van der Waals surface area contributed by atoms with Crippen LogP contribution in [0, 0.1) is 0 Å². The van der Waals surface area contributed by atoms with Crippen molar-refractivity contribution < 1.29 is 13.7 Å². The molecule has 2 atom stereocenters. The van der Waals surface area contributed by atoms with Crippen LogP contribution < -0.4 is 4.74 Å². The van der Waals surface area contributed by atoms with E-state index in [1.807, 2.05) is 54.6 Å². The zero-order valence-electron chi connectivity index (χ0n) is 13.7. The maximum Gasteiger partial charge on any atom is 0.253 e. The Labute approximate surface area is 144 Å². The summed E-state index contributed by atoms with van der Waals surface area (Å²) >= 11 is -1.46. The van der Waals surface area contributed by atoms with E-state index in [0.717, 1.165) is 16.9 Å². The zero-order chi connectivity index (χ0) is 17.1. The van der Waals surface area contributed by atoms with Crippen molar-refractivity contribution in [2.45, 2.75) is 19.0 Å². The van der Waals surface area contributed by atoms with Crippen LogP contribution in [0.25, 0.3) is 0 Å². The van der Waals surface area contributed by atoms with Gasteiger partial charge in [-0.3, -0.25) is 9.10 Å². The Hall–Kier alpha value is -2.18. The SMILES string of the molecule is COc1ccc(CN2[C@@H](Cc3ccccc3)C(=O)N(C)S2=O)cc1. The molecule has 0 spiro atoms. The molecule has 5 nitrogen and oxygen atoms in total. The first kappa shape index (κ1) is 16.7. The quantitative estimate of drug-likeness (QED) is 0.835. The van der Waals surface area contributed by atoms with Gasteiger partial charge in [-0.15, -0.1) is 0 Å². The molecule has 126 valence electrons. The van der Waals surface area contributed by atoms with Crippen molar-refractivity contribution in [3.05, 3.63) is 65.7 Å². The molecule has 24 heavy (non-hydrogen) atoms. The predicted octanol–water partition coefficient (Wildman–Crippen LogP) is 2.16. The molecule has 0 saturated carbocycles. The second kappa shape index (κ2) is 7.15. The Kier molecular flexibility index (Phi) is 4.97. The summed E-state index contributed by atoms with van der Waals surface area (Å²) in [6.45, 7) is 0.449. The van der Waals surface area contributed by atoms with Gasteiger partial charge in [0.2, 0.25) is 11.2 Å². The van der Waals surface area contributed by atoms with E-state index < -0.39 is 17.2 Å². The number of rotatable bonds is 5. The van der Waals surface area contributed by atoms with Crippen LogP contribution in [0.4, 0.5) is 0 Å². The number of likely N-dealkylation sites (N-methyl/N-ethyl adjacent to an activating group) is 1. The molecule has 2 aromatic rings. The number of benzene rings is 2. The van der Waals surface area contributed by atoms with Crippen molar-refractivity contribution >= 4 is 17.1 Å². The monoisotopic (exact) mass is 344 g/mol. The van der Waals surface area contributed by atoms with Crippen molar-refractivity contribution in [2.24, 2.45) is 0 Å². The summed E-state index contributed by atoms with van der Waals surface area (Å²) in [6.07, 6.45) is 0.548. The van der Waals surface area contributed by atoms with E-state index in [2.05, 4.69) is 0 Å². The molecule has 6 heteroatoms. The Morgan fingerprint density at radius 3 is 2.33 bits per heavy atom. The van der Waals surface area contributed by atoms with Crippen LogP contribution in [-0.2, 0) is 28.9 Å². The number of nitrogens with zero attached hydrogens (tertiary/aromatic N) is 2. The molecule has 3 rings (SSSR count). The lowest BCUT2D eigenvalue weighted by molar-refractivity contribution is -0.127. The van der Waals surface area contributed by atoms with Crippen molar-refractivity contribution in [1.29, 1.82) is 0 Å². The zero-order valence-corrected chi connectivity index (χ0v) is 14.5. The van der Waals surface area contributed by atoms with E-state index in [0.29, 0.717) is 13.0 Å². The molecule has 0 N–H and O–H groups in total. The van der Waals surface area contributed by atoms with Gasteiger partial charge in [-0.1, -0.05) is 42.5 Å². The van der Waals surface area contributed by atoms with Crippen LogP contribution in [-0.4, -0.2) is 38.9 Å². The molecule has 2 aromatic carbocycles. The molecule has 1 heterocycles. The summed E-state index contributed by atoms with van der Waals surface area (Å²) in [5, 5.41) is 0. The standard InChI is InChI=1S/C18H20N2O3S/c1-19-18(21)17(12-14-6-4-3-5-7-14)20(24(19)22)13-15-8-10-16(23-2)11-9-15/h3-11,17H,12-13H2,1-2H3/t17-,24?/m0/s1. The number of amides is 1. The van der Waals surface area contributed by atoms with E-state index in [-0.39, 0.29) is 5.91 Å². The highest BCUT2D eigenvalue weighted by molar-refractivity contribution is 7.81. The fraction of sp³-hybridized carbons (Fsp3) is 0.278. The van der Waals surface area contributed by atoms with Gasteiger partial charge in [-0.25, -0.2) is 4.21 Å². The molecule has 1 fully saturated rings. The second-order valence-electron chi connectivity index (χ2n) is 5.70. The van der Waals surface area contributed by atoms with Crippen LogP contribution in [0.15, 0.2) is 54.6 Å². The van der Waals surface area contributed by atoms with Crippen LogP contribution >= 0.6 is 0 Å². The molecule has 0 aliphatic carbocycles. The average Bonchev–Trinajstić information content (AvgIpc) is 2.81. The number of hydrogen-bond acceptors (Lipinski definition) is 3. The summed E-state index contributed by atoms with van der Waals surface area (Å²) in [6, 6.07) is 17.0. The molecule has 1 aliphatic rings. The molecule has 1 aliphatic heterocycles. The fourth-order valence-corrected chi connectivity index (χ4v) is 4.01. The maximum atomic E-state index is 12.6. The summed E-state index contributed by atoms with van der Waals surface area (Å²) in [5.74, 6) is 0.668. The van der Waals surface area contributed by atoms with Crippen LogP contribution in [0.1, 0.15) is 11.1 Å². The first-order chi connectivity index (χ1) is 11.6. The Bertz CT molecular complexity index is 734. The van der Waals surface area contributed by atoms with Gasteiger partial charge in [0, 0.05) is 13.6 Å². The maximum absolute atomic E-state index is 12.6. The van der Waals surface area contributed by atoms with Gasteiger partial charge < -0.3 is 4.74 Å². The molecule has 1 unspecified atom stereocenters. The minimum Gasteiger partial charge on any atom is -0.497 e. The molecule has 0 radical (unpaired) electrons. The normalized spacial score (nSPS) is 21.2. The molecular formula is C18H20N2O3S. The summed E-state index contributed by atoms with van der Waals surface area (Å²) in [7, 11) is 3.21. The van der Waals surface area contributed by atoms with Crippen LogP contribution in [0.2, 0.25) is 0 Å². The molecular weight excluding hydrogens is 324 g/mol. The number of ether oxygens (including phenoxy) is 1. The lowest BCUT2D eigenvalue weighted by atomic mass is 10.0. The average molecular weight is 344 g/mol. The first-order valence-electron chi connectivity index (χ1n) is 7.73. The van der Waals surface area contributed by atoms with E-state index in [4.69, 9.17) is 4.74 Å². The number of carbonyl (C=O) groups is 1. The third-order valence-corrected chi connectivity index (χ3v) is 5.58. The van der Waals surface area contributed by atoms with Gasteiger partial charge in [-0.05, 0) is 29.7 Å². The minimum absolute atomic E-state index is 0.106. The van der Waals surface area contributed by atoms with E-state index >= 15 is 0 Å². The highest BCUT2D eigenvalue weighted by atomic mass is 32.2. The fourth-order valence-electron chi connectivity index (χ4n) is 2.78. The smallest absolute Gasteiger partial charge is 0.253 e. The van der Waals surface area contributed by atoms with E-state index in [1.54, 1.807) is 18.5 Å². The number of methoxy groups -OCH3 is 1. The van der Waals surface area contributed by atoms with Gasteiger partial charge in [0.1, 0.15) is 11.8 Å². The lowest BCUT2D eigenvalue weighted by Crippen LogP contribution is -2.35. The molecule has 0 bridgehead atoms. The predicted molar refractivity (Wildman–Crippen MR) is 93.4 cm³/mol. The third kappa shape index (κ3) is 3.34. The van der Waals surface area contributed by atoms with Crippen molar-refractivity contribution in [3.8, 4) is 5.75 Å². The Morgan fingerprint density at radius 1 is 1.04 bits per heavy atom. The van der Waals surface area contributed by atoms with Crippen molar-refractivity contribution in [2.75, 3.05) is 14.2 Å². The van der Waals surface area contributed by atoms with Gasteiger partial charge >= 0.3 is 0 Å². The van der Waals surface area contributed by atoms with Crippen molar-refractivity contribution in [1.82, 2.24) is 8.61 Å². The highest BCUT2D eigenvalue weighted by Crippen LogP contribution is 2.25. The van der Waals surface area contributed by atoms with E-state index in [1.165, 1.54) is 4.31 Å². The third-order valence-electron chi connectivity index (χ3n) is 4.15. The second-order valence-corrected chi connectivity index (χ2v) is 7.17. The first-order valence-corrected chi connectivity index (χ1v) is 8.79. The van der Waals surface area contributed by atoms with Crippen LogP contribution in [0.3, 0.4) is 0 Å². The summed E-state index contributed by atoms with van der Waals surface area (Å²) in [5.41, 5.74) is 2.05. The van der Waals surface area contributed by atoms with Gasteiger partial charge in [-0.2, -0.15) is 4.31 Å². The van der Waals surface area contributed by atoms with E-state index in [9.17, 15) is 9.00 Å². The minimum atomic E-state index is -1.46. The van der Waals surface area contributed by atoms with Crippen LogP contribution in [0.5, 0.6) is 5.75 Å². The summed E-state index contributed by atoms with van der Waals surface area (Å²) in [4.78, 5) is 12.5. The van der Waals surface area contributed by atoms with Gasteiger partial charge in [0.05, 0.1) is 7.11 Å². The topological polar surface area (TPSA) is 49.9 Å². The molecule has 0 aromatic heterocycles. The van der Waals surface area contributed by atoms with Crippen molar-refractivity contribution in [3.63, 3.8) is 0 Å². The number of carbonyl (C=O) groups excluding carboxylic acids is 1. The highest BCUT2D eigenvalue weighted by Gasteiger charge is 2.42. The van der Waals surface area contributed by atoms with Gasteiger partial charge in [0.15, 0.2) is 0 Å². The Balaban J connectivity index is 1.81. The Morgan fingerprint density at radius 2 is 1.71 bits per heavy atom.